The lowest BCUT2D eigenvalue weighted by Gasteiger charge is -2.36. The Balaban J connectivity index is 2.41. The van der Waals surface area contributed by atoms with Crippen molar-refractivity contribution in [2.45, 2.75) is 32.5 Å². The Labute approximate surface area is 57.2 Å². The quantitative estimate of drug-likeness (QED) is 0.515. The average molecular weight is 128 g/mol. The average Bonchev–Trinajstić information content (AvgIpc) is 1.83. The van der Waals surface area contributed by atoms with E-state index >= 15 is 0 Å². The Morgan fingerprint density at radius 3 is 2.56 bits per heavy atom. The smallest absolute Gasteiger partial charge is 0.0567 e. The molecule has 9 heavy (non-hydrogen) atoms. The topological polar surface area (TPSA) is 15.3 Å². The molecule has 0 radical (unpaired) electrons. The van der Waals surface area contributed by atoms with Crippen LogP contribution in [0.25, 0.3) is 0 Å². The first-order chi connectivity index (χ1) is 4.22. The molecule has 0 aliphatic carbocycles. The summed E-state index contributed by atoms with van der Waals surface area (Å²) in [5.41, 5.74) is 0. The predicted octanol–water partition coefficient (Wildman–Crippen LogP) is 0.646. The summed E-state index contributed by atoms with van der Waals surface area (Å²) in [6.45, 7) is 5.65. The van der Waals surface area contributed by atoms with E-state index in [1.807, 2.05) is 0 Å². The molecule has 0 aromatic carbocycles. The molecule has 0 spiro atoms. The lowest BCUT2D eigenvalue weighted by Crippen LogP contribution is -2.51. The maximum atomic E-state index is 3.39. The third-order valence-corrected chi connectivity index (χ3v) is 2.31. The van der Waals surface area contributed by atoms with Gasteiger partial charge in [-0.25, -0.2) is 0 Å². The summed E-state index contributed by atoms with van der Waals surface area (Å²) < 4.78 is 0. The molecule has 0 aromatic heterocycles. The third kappa shape index (κ3) is 1.43. The van der Waals surface area contributed by atoms with Crippen molar-refractivity contribution in [1.82, 2.24) is 10.2 Å². The van der Waals surface area contributed by atoms with Crippen LogP contribution in [0.15, 0.2) is 0 Å². The van der Waals surface area contributed by atoms with Gasteiger partial charge in [0, 0.05) is 6.04 Å². The van der Waals surface area contributed by atoms with Crippen LogP contribution in [0.5, 0.6) is 0 Å². The van der Waals surface area contributed by atoms with Crippen LogP contribution >= 0.6 is 0 Å². The Morgan fingerprint density at radius 2 is 2.11 bits per heavy atom. The molecule has 1 heterocycles. The minimum absolute atomic E-state index is 0.564. The largest absolute Gasteiger partial charge is 0.302 e. The van der Waals surface area contributed by atoms with Crippen LogP contribution in [0.1, 0.15) is 20.3 Å². The van der Waals surface area contributed by atoms with Gasteiger partial charge < -0.3 is 5.32 Å². The van der Waals surface area contributed by atoms with Gasteiger partial charge in [-0.2, -0.15) is 0 Å². The monoisotopic (exact) mass is 128 g/mol. The van der Waals surface area contributed by atoms with Gasteiger partial charge >= 0.3 is 0 Å². The SMILES string of the molecule is CC1NCC[C@H](C)N1C. The Hall–Kier alpha value is -0.0800. The first-order valence-electron chi connectivity index (χ1n) is 3.67. The zero-order chi connectivity index (χ0) is 6.85. The summed E-state index contributed by atoms with van der Waals surface area (Å²) in [7, 11) is 2.17. The molecule has 2 nitrogen and oxygen atoms in total. The molecule has 1 aliphatic rings. The fraction of sp³-hybridized carbons (Fsp3) is 1.00. The number of nitrogens with zero attached hydrogens (tertiary/aromatic N) is 1. The van der Waals surface area contributed by atoms with E-state index in [4.69, 9.17) is 0 Å². The molecule has 1 fully saturated rings. The molecule has 54 valence electrons. The molecule has 0 bridgehead atoms. The highest BCUT2D eigenvalue weighted by molar-refractivity contribution is 4.74. The van der Waals surface area contributed by atoms with Gasteiger partial charge in [0.15, 0.2) is 0 Å². The van der Waals surface area contributed by atoms with E-state index in [2.05, 4.69) is 31.1 Å². The molecule has 1 aliphatic heterocycles. The number of rotatable bonds is 0. The molecule has 1 saturated heterocycles. The van der Waals surface area contributed by atoms with Crippen molar-refractivity contribution in [1.29, 1.82) is 0 Å². The molecule has 2 atom stereocenters. The maximum Gasteiger partial charge on any atom is 0.0567 e. The van der Waals surface area contributed by atoms with Gasteiger partial charge in [0.05, 0.1) is 6.17 Å². The van der Waals surface area contributed by atoms with Crippen LogP contribution in [0, 0.1) is 0 Å². The molecule has 2 heteroatoms. The molecule has 1 rings (SSSR count). The van der Waals surface area contributed by atoms with Gasteiger partial charge in [-0.15, -0.1) is 0 Å². The third-order valence-electron chi connectivity index (χ3n) is 2.31. The summed E-state index contributed by atoms with van der Waals surface area (Å²) in [4.78, 5) is 2.36. The van der Waals surface area contributed by atoms with Crippen molar-refractivity contribution < 1.29 is 0 Å². The summed E-state index contributed by atoms with van der Waals surface area (Å²) >= 11 is 0. The zero-order valence-electron chi connectivity index (χ0n) is 6.52. The minimum Gasteiger partial charge on any atom is -0.302 e. The standard InChI is InChI=1S/C7H16N2/c1-6-4-5-8-7(2)9(6)3/h6-8H,4-5H2,1-3H3/t6-,7?/m0/s1. The van der Waals surface area contributed by atoms with Gasteiger partial charge in [-0.3, -0.25) is 4.90 Å². The summed E-state index contributed by atoms with van der Waals surface area (Å²) in [6.07, 6.45) is 1.84. The van der Waals surface area contributed by atoms with Gasteiger partial charge in [-0.05, 0) is 33.9 Å². The minimum atomic E-state index is 0.564. The van der Waals surface area contributed by atoms with Crippen molar-refractivity contribution in [2.75, 3.05) is 13.6 Å². The Kier molecular flexibility index (Phi) is 2.09. The number of hydrogen-bond acceptors (Lipinski definition) is 2. The van der Waals surface area contributed by atoms with Gasteiger partial charge in [0.2, 0.25) is 0 Å². The fourth-order valence-electron chi connectivity index (χ4n) is 1.23. The van der Waals surface area contributed by atoms with Crippen LogP contribution in [0.4, 0.5) is 0 Å². The highest BCUT2D eigenvalue weighted by Crippen LogP contribution is 2.07. The first-order valence-corrected chi connectivity index (χ1v) is 3.67. The lowest BCUT2D eigenvalue weighted by atomic mass is 10.1. The van der Waals surface area contributed by atoms with Crippen molar-refractivity contribution in [3.05, 3.63) is 0 Å². The van der Waals surface area contributed by atoms with Gasteiger partial charge in [-0.1, -0.05) is 0 Å². The normalized spacial score (nSPS) is 39.0. The number of hydrogen-bond donors (Lipinski definition) is 1. The lowest BCUT2D eigenvalue weighted by molar-refractivity contribution is 0.123. The van der Waals surface area contributed by atoms with Crippen molar-refractivity contribution >= 4 is 0 Å². The van der Waals surface area contributed by atoms with Gasteiger partial charge in [0.25, 0.3) is 0 Å². The summed E-state index contributed by atoms with van der Waals surface area (Å²) in [5, 5.41) is 3.39. The van der Waals surface area contributed by atoms with E-state index in [1.165, 1.54) is 13.0 Å². The molecule has 1 unspecified atom stereocenters. The van der Waals surface area contributed by atoms with Crippen LogP contribution < -0.4 is 5.32 Å². The maximum absolute atomic E-state index is 3.39. The molecular weight excluding hydrogens is 112 g/mol. The second kappa shape index (κ2) is 2.67. The molecule has 1 N–H and O–H groups in total. The highest BCUT2D eigenvalue weighted by Gasteiger charge is 2.19. The summed E-state index contributed by atoms with van der Waals surface area (Å²) in [6, 6.07) is 0.751. The predicted molar refractivity (Wildman–Crippen MR) is 39.3 cm³/mol. The van der Waals surface area contributed by atoms with Crippen LogP contribution in [0.3, 0.4) is 0 Å². The van der Waals surface area contributed by atoms with Gasteiger partial charge in [0.1, 0.15) is 0 Å². The summed E-state index contributed by atoms with van der Waals surface area (Å²) in [5.74, 6) is 0. The van der Waals surface area contributed by atoms with Crippen LogP contribution in [-0.4, -0.2) is 30.7 Å². The van der Waals surface area contributed by atoms with E-state index in [0.717, 1.165) is 6.04 Å². The second-order valence-electron chi connectivity index (χ2n) is 2.93. The van der Waals surface area contributed by atoms with Crippen molar-refractivity contribution in [3.8, 4) is 0 Å². The van der Waals surface area contributed by atoms with E-state index in [1.54, 1.807) is 0 Å². The fourth-order valence-corrected chi connectivity index (χ4v) is 1.23. The van der Waals surface area contributed by atoms with Crippen LogP contribution in [0.2, 0.25) is 0 Å². The van der Waals surface area contributed by atoms with Crippen molar-refractivity contribution in [3.63, 3.8) is 0 Å². The van der Waals surface area contributed by atoms with E-state index in [0.29, 0.717) is 6.17 Å². The zero-order valence-corrected chi connectivity index (χ0v) is 6.52. The number of nitrogens with one attached hydrogen (secondary N) is 1. The highest BCUT2D eigenvalue weighted by atomic mass is 15.3. The van der Waals surface area contributed by atoms with E-state index in [-0.39, 0.29) is 0 Å². The van der Waals surface area contributed by atoms with E-state index < -0.39 is 0 Å². The van der Waals surface area contributed by atoms with Crippen LogP contribution in [-0.2, 0) is 0 Å². The second-order valence-corrected chi connectivity index (χ2v) is 2.93. The van der Waals surface area contributed by atoms with Crippen molar-refractivity contribution in [2.24, 2.45) is 0 Å². The molecule has 0 saturated carbocycles. The molecule has 0 amide bonds. The first kappa shape index (κ1) is 7.03. The Morgan fingerprint density at radius 1 is 1.44 bits per heavy atom. The molecular formula is C7H16N2. The van der Waals surface area contributed by atoms with E-state index in [9.17, 15) is 0 Å². The molecule has 0 aromatic rings. The Bertz CT molecular complexity index is 82.9.